The van der Waals surface area contributed by atoms with Gasteiger partial charge in [0.25, 0.3) is 0 Å². The minimum atomic E-state index is 0.554. The SMILES string of the molecule is c1ccc(CC2=NC3CNC3S2)cc1. The van der Waals surface area contributed by atoms with E-state index in [0.29, 0.717) is 11.4 Å². The van der Waals surface area contributed by atoms with Gasteiger partial charge in [0.2, 0.25) is 0 Å². The zero-order chi connectivity index (χ0) is 9.38. The molecule has 0 aromatic heterocycles. The molecule has 2 aliphatic heterocycles. The Morgan fingerprint density at radius 3 is 2.79 bits per heavy atom. The van der Waals surface area contributed by atoms with Gasteiger partial charge in [0.1, 0.15) is 0 Å². The summed E-state index contributed by atoms with van der Waals surface area (Å²) in [6, 6.07) is 11.1. The fourth-order valence-corrected chi connectivity index (χ4v) is 3.01. The Morgan fingerprint density at radius 2 is 2.21 bits per heavy atom. The zero-order valence-corrected chi connectivity index (χ0v) is 8.63. The molecule has 1 aromatic rings. The first-order valence-electron chi connectivity index (χ1n) is 4.92. The molecule has 0 bridgehead atoms. The first-order valence-corrected chi connectivity index (χ1v) is 5.80. The average Bonchev–Trinajstić information content (AvgIpc) is 2.46. The number of thioether (sulfide) groups is 1. The third kappa shape index (κ3) is 1.47. The van der Waals surface area contributed by atoms with Gasteiger partial charge in [-0.1, -0.05) is 42.1 Å². The molecule has 2 nitrogen and oxygen atoms in total. The topological polar surface area (TPSA) is 24.4 Å². The molecule has 1 saturated heterocycles. The van der Waals surface area contributed by atoms with Crippen LogP contribution in [0.1, 0.15) is 5.56 Å². The zero-order valence-electron chi connectivity index (χ0n) is 7.81. The molecule has 0 amide bonds. The summed E-state index contributed by atoms with van der Waals surface area (Å²) < 4.78 is 0. The highest BCUT2D eigenvalue weighted by atomic mass is 32.2. The maximum atomic E-state index is 4.67. The van der Waals surface area contributed by atoms with Gasteiger partial charge in [0.05, 0.1) is 16.5 Å². The second kappa shape index (κ2) is 3.41. The summed E-state index contributed by atoms with van der Waals surface area (Å²) >= 11 is 1.89. The van der Waals surface area contributed by atoms with E-state index in [0.717, 1.165) is 13.0 Å². The van der Waals surface area contributed by atoms with E-state index < -0.39 is 0 Å². The van der Waals surface area contributed by atoms with Gasteiger partial charge in [0.15, 0.2) is 0 Å². The second-order valence-electron chi connectivity index (χ2n) is 3.70. The van der Waals surface area contributed by atoms with Crippen molar-refractivity contribution in [1.82, 2.24) is 5.32 Å². The van der Waals surface area contributed by atoms with Gasteiger partial charge in [-0.3, -0.25) is 4.99 Å². The van der Waals surface area contributed by atoms with Crippen molar-refractivity contribution in [3.63, 3.8) is 0 Å². The average molecular weight is 204 g/mol. The van der Waals surface area contributed by atoms with Crippen molar-refractivity contribution in [1.29, 1.82) is 0 Å². The number of hydrogen-bond donors (Lipinski definition) is 1. The van der Waals surface area contributed by atoms with E-state index in [1.54, 1.807) is 0 Å². The smallest absolute Gasteiger partial charge is 0.0884 e. The van der Waals surface area contributed by atoms with E-state index in [1.807, 2.05) is 11.8 Å². The van der Waals surface area contributed by atoms with Gasteiger partial charge >= 0.3 is 0 Å². The van der Waals surface area contributed by atoms with Crippen molar-refractivity contribution in [2.24, 2.45) is 4.99 Å². The van der Waals surface area contributed by atoms with Crippen LogP contribution in [-0.2, 0) is 6.42 Å². The fraction of sp³-hybridized carbons (Fsp3) is 0.364. The molecule has 2 unspecified atom stereocenters. The molecule has 1 fully saturated rings. The van der Waals surface area contributed by atoms with Gasteiger partial charge in [-0.15, -0.1) is 0 Å². The molecule has 2 heterocycles. The van der Waals surface area contributed by atoms with Gasteiger partial charge < -0.3 is 5.32 Å². The van der Waals surface area contributed by atoms with E-state index in [1.165, 1.54) is 10.6 Å². The van der Waals surface area contributed by atoms with Crippen molar-refractivity contribution in [3.8, 4) is 0 Å². The summed E-state index contributed by atoms with van der Waals surface area (Å²) in [6.45, 7) is 1.07. The van der Waals surface area contributed by atoms with E-state index >= 15 is 0 Å². The predicted molar refractivity (Wildman–Crippen MR) is 60.8 cm³/mol. The molecule has 3 heteroatoms. The lowest BCUT2D eigenvalue weighted by Gasteiger charge is -2.28. The summed E-state index contributed by atoms with van der Waals surface area (Å²) in [7, 11) is 0. The van der Waals surface area contributed by atoms with Crippen LogP contribution in [0.4, 0.5) is 0 Å². The van der Waals surface area contributed by atoms with Gasteiger partial charge in [0, 0.05) is 13.0 Å². The number of nitrogens with one attached hydrogen (secondary N) is 1. The number of fused-ring (bicyclic) bond motifs is 1. The normalized spacial score (nSPS) is 29.3. The number of benzene rings is 1. The maximum absolute atomic E-state index is 4.67. The molecular weight excluding hydrogens is 192 g/mol. The minimum absolute atomic E-state index is 0.554. The van der Waals surface area contributed by atoms with Crippen molar-refractivity contribution in [3.05, 3.63) is 35.9 Å². The molecule has 2 aliphatic rings. The van der Waals surface area contributed by atoms with E-state index in [4.69, 9.17) is 0 Å². The molecule has 0 radical (unpaired) electrons. The summed E-state index contributed by atoms with van der Waals surface area (Å²) in [5.74, 6) is 0. The third-order valence-corrected chi connectivity index (χ3v) is 3.91. The van der Waals surface area contributed by atoms with Crippen LogP contribution >= 0.6 is 11.8 Å². The number of aliphatic imine (C=N–C) groups is 1. The van der Waals surface area contributed by atoms with Crippen molar-refractivity contribution in [2.45, 2.75) is 17.8 Å². The Bertz CT molecular complexity index is 361. The second-order valence-corrected chi connectivity index (χ2v) is 4.91. The van der Waals surface area contributed by atoms with E-state index in [9.17, 15) is 0 Å². The molecule has 2 atom stereocenters. The molecule has 0 spiro atoms. The van der Waals surface area contributed by atoms with Gasteiger partial charge in [-0.25, -0.2) is 0 Å². The molecule has 3 rings (SSSR count). The molecule has 0 aliphatic carbocycles. The summed E-state index contributed by atoms with van der Waals surface area (Å²) in [4.78, 5) is 4.67. The lowest BCUT2D eigenvalue weighted by Crippen LogP contribution is -2.51. The van der Waals surface area contributed by atoms with Crippen molar-refractivity contribution < 1.29 is 0 Å². The maximum Gasteiger partial charge on any atom is 0.0884 e. The largest absolute Gasteiger partial charge is 0.301 e. The van der Waals surface area contributed by atoms with Crippen LogP contribution in [-0.4, -0.2) is 23.0 Å². The molecule has 1 N–H and O–H groups in total. The summed E-state index contributed by atoms with van der Waals surface area (Å²) in [5, 5.41) is 5.24. The highest BCUT2D eigenvalue weighted by Gasteiger charge is 2.36. The quantitative estimate of drug-likeness (QED) is 0.792. The summed E-state index contributed by atoms with van der Waals surface area (Å²) in [5.41, 5.74) is 1.36. The lowest BCUT2D eigenvalue weighted by molar-refractivity contribution is 0.420. The van der Waals surface area contributed by atoms with E-state index in [-0.39, 0.29) is 0 Å². The fourth-order valence-electron chi connectivity index (χ4n) is 1.77. The van der Waals surface area contributed by atoms with Gasteiger partial charge in [-0.05, 0) is 5.56 Å². The van der Waals surface area contributed by atoms with Crippen LogP contribution in [0.5, 0.6) is 0 Å². The molecule has 1 aromatic carbocycles. The monoisotopic (exact) mass is 204 g/mol. The van der Waals surface area contributed by atoms with Crippen molar-refractivity contribution >= 4 is 16.8 Å². The highest BCUT2D eigenvalue weighted by molar-refractivity contribution is 8.14. The number of rotatable bonds is 2. The van der Waals surface area contributed by atoms with Gasteiger partial charge in [-0.2, -0.15) is 0 Å². The first-order chi connectivity index (χ1) is 6.92. The Hall–Kier alpha value is -0.800. The molecule has 72 valence electrons. The molecule has 0 saturated carbocycles. The van der Waals surface area contributed by atoms with Crippen molar-refractivity contribution in [2.75, 3.05) is 6.54 Å². The minimum Gasteiger partial charge on any atom is -0.301 e. The predicted octanol–water partition coefficient (Wildman–Crippen LogP) is 1.67. The van der Waals surface area contributed by atoms with Crippen LogP contribution in [0.3, 0.4) is 0 Å². The van der Waals surface area contributed by atoms with Crippen LogP contribution in [0, 0.1) is 0 Å². The Labute approximate surface area is 87.8 Å². The highest BCUT2D eigenvalue weighted by Crippen LogP contribution is 2.31. The molecular formula is C11H12N2S. The van der Waals surface area contributed by atoms with Crippen LogP contribution in [0.2, 0.25) is 0 Å². The standard InChI is InChI=1S/C11H12N2S/c1-2-4-8(5-3-1)6-10-13-9-7-12-11(9)14-10/h1-5,9,11-12H,6-7H2. The third-order valence-electron chi connectivity index (χ3n) is 2.65. The van der Waals surface area contributed by atoms with E-state index in [2.05, 4.69) is 40.6 Å². The number of nitrogens with zero attached hydrogens (tertiary/aromatic N) is 1. The Balaban J connectivity index is 1.71. The van der Waals surface area contributed by atoms with Crippen LogP contribution in [0.15, 0.2) is 35.3 Å². The Kier molecular flexibility index (Phi) is 2.07. The van der Waals surface area contributed by atoms with Crippen LogP contribution in [0.25, 0.3) is 0 Å². The summed E-state index contributed by atoms with van der Waals surface area (Å²) in [6.07, 6.45) is 1.00. The lowest BCUT2D eigenvalue weighted by atomic mass is 10.1. The van der Waals surface area contributed by atoms with Crippen LogP contribution < -0.4 is 5.32 Å². The first kappa shape index (κ1) is 8.50. The molecule has 14 heavy (non-hydrogen) atoms. The number of hydrogen-bond acceptors (Lipinski definition) is 3. The Morgan fingerprint density at radius 1 is 1.36 bits per heavy atom.